The molecule has 0 amide bonds. The normalized spacial score (nSPS) is 13.3. The molecule has 1 rings (SSSR count). The van der Waals surface area contributed by atoms with Gasteiger partial charge in [0.05, 0.1) is 11.1 Å². The number of aromatic carboxylic acids is 1. The van der Waals surface area contributed by atoms with Crippen LogP contribution in [0.2, 0.25) is 0 Å². The number of carboxylic acids is 1. The first kappa shape index (κ1) is 25.2. The lowest BCUT2D eigenvalue weighted by molar-refractivity contribution is 0.00670. The quantitative estimate of drug-likeness (QED) is 0.249. The van der Waals surface area contributed by atoms with Gasteiger partial charge in [-0.05, 0) is 55.7 Å². The van der Waals surface area contributed by atoms with Gasteiger partial charge in [-0.25, -0.2) is 9.59 Å². The predicted molar refractivity (Wildman–Crippen MR) is 118 cm³/mol. The predicted octanol–water partition coefficient (Wildman–Crippen LogP) is 7.12. The molecule has 0 aliphatic carbocycles. The van der Waals surface area contributed by atoms with Gasteiger partial charge in [-0.15, -0.1) is 0 Å². The largest absolute Gasteiger partial charge is 0.478 e. The van der Waals surface area contributed by atoms with Gasteiger partial charge in [0, 0.05) is 0 Å². The molecule has 0 aliphatic heterocycles. The summed E-state index contributed by atoms with van der Waals surface area (Å²) in [7, 11) is 0. The topological polar surface area (TPSA) is 63.6 Å². The summed E-state index contributed by atoms with van der Waals surface area (Å²) in [5.41, 5.74) is 0.432. The highest BCUT2D eigenvalue weighted by Crippen LogP contribution is 2.27. The van der Waals surface area contributed by atoms with Crippen molar-refractivity contribution in [3.8, 4) is 0 Å². The van der Waals surface area contributed by atoms with Gasteiger partial charge in [0.1, 0.15) is 6.10 Å². The maximum Gasteiger partial charge on any atom is 0.338 e. The maximum atomic E-state index is 12.8. The molecule has 0 aliphatic rings. The van der Waals surface area contributed by atoms with Crippen molar-refractivity contribution in [1.29, 1.82) is 0 Å². The lowest BCUT2D eigenvalue weighted by Gasteiger charge is -2.27. The molecule has 4 nitrogen and oxygen atoms in total. The zero-order chi connectivity index (χ0) is 21.6. The molecule has 1 aromatic carbocycles. The molecule has 0 fully saturated rings. The van der Waals surface area contributed by atoms with E-state index in [0.717, 1.165) is 44.9 Å². The van der Waals surface area contributed by atoms with E-state index in [0.29, 0.717) is 17.4 Å². The standard InChI is InChI=1S/C25H40O4/c1-5-7-8-14-20(12-6-2)23(17-10-9-13-19(3)4)29-25(28)22-16-11-15-21(18-22)24(26)27/h11,15-16,18-20,23H,5-10,12-14,17H2,1-4H3,(H,26,27). The number of carbonyl (C=O) groups is 2. The Kier molecular flexibility index (Phi) is 12.3. The highest BCUT2D eigenvalue weighted by molar-refractivity contribution is 5.94. The van der Waals surface area contributed by atoms with E-state index in [1.54, 1.807) is 12.1 Å². The number of rotatable bonds is 15. The van der Waals surface area contributed by atoms with Crippen molar-refractivity contribution in [2.75, 3.05) is 0 Å². The van der Waals surface area contributed by atoms with Crippen molar-refractivity contribution in [3.63, 3.8) is 0 Å². The molecular formula is C25H40O4. The van der Waals surface area contributed by atoms with Crippen molar-refractivity contribution in [2.45, 2.75) is 98.0 Å². The molecule has 2 atom stereocenters. The third-order valence-corrected chi connectivity index (χ3v) is 5.49. The molecule has 0 bridgehead atoms. The number of carbonyl (C=O) groups excluding carboxylic acids is 1. The average Bonchev–Trinajstić information content (AvgIpc) is 2.69. The Balaban J connectivity index is 2.87. The minimum absolute atomic E-state index is 0.0973. The molecule has 2 unspecified atom stereocenters. The monoisotopic (exact) mass is 404 g/mol. The SMILES string of the molecule is CCCCCC(CCC)C(CCCCC(C)C)OC(=O)c1cccc(C(=O)O)c1. The number of unbranched alkanes of at least 4 members (excludes halogenated alkanes) is 3. The first-order chi connectivity index (χ1) is 13.9. The Morgan fingerprint density at radius 3 is 2.17 bits per heavy atom. The second-order valence-corrected chi connectivity index (χ2v) is 8.55. The van der Waals surface area contributed by atoms with Gasteiger partial charge in [-0.2, -0.15) is 0 Å². The first-order valence-electron chi connectivity index (χ1n) is 11.4. The van der Waals surface area contributed by atoms with Crippen LogP contribution in [0.15, 0.2) is 24.3 Å². The Bertz CT molecular complexity index is 609. The first-order valence-corrected chi connectivity index (χ1v) is 11.4. The van der Waals surface area contributed by atoms with E-state index in [-0.39, 0.29) is 11.7 Å². The van der Waals surface area contributed by atoms with Crippen LogP contribution in [0.1, 0.15) is 113 Å². The van der Waals surface area contributed by atoms with Crippen LogP contribution in [0.5, 0.6) is 0 Å². The van der Waals surface area contributed by atoms with Gasteiger partial charge in [0.25, 0.3) is 0 Å². The molecule has 0 heterocycles. The van der Waals surface area contributed by atoms with E-state index in [1.807, 2.05) is 0 Å². The van der Waals surface area contributed by atoms with Crippen LogP contribution in [-0.4, -0.2) is 23.1 Å². The summed E-state index contributed by atoms with van der Waals surface area (Å²) >= 11 is 0. The van der Waals surface area contributed by atoms with Crippen molar-refractivity contribution < 1.29 is 19.4 Å². The summed E-state index contributed by atoms with van der Waals surface area (Å²) in [5, 5.41) is 9.19. The third kappa shape index (κ3) is 9.96. The summed E-state index contributed by atoms with van der Waals surface area (Å²) in [4.78, 5) is 24.0. The molecule has 1 N–H and O–H groups in total. The van der Waals surface area contributed by atoms with Crippen LogP contribution >= 0.6 is 0 Å². The van der Waals surface area contributed by atoms with Gasteiger partial charge in [0.2, 0.25) is 0 Å². The van der Waals surface area contributed by atoms with Gasteiger partial charge in [-0.1, -0.05) is 72.3 Å². The van der Waals surface area contributed by atoms with Crippen molar-refractivity contribution in [2.24, 2.45) is 11.8 Å². The molecule has 1 aromatic rings. The van der Waals surface area contributed by atoms with Crippen LogP contribution in [0.3, 0.4) is 0 Å². The fourth-order valence-electron chi connectivity index (χ4n) is 3.82. The van der Waals surface area contributed by atoms with Gasteiger partial charge < -0.3 is 9.84 Å². The lowest BCUT2D eigenvalue weighted by atomic mass is 9.88. The van der Waals surface area contributed by atoms with Crippen molar-refractivity contribution in [1.82, 2.24) is 0 Å². The van der Waals surface area contributed by atoms with Crippen molar-refractivity contribution in [3.05, 3.63) is 35.4 Å². The van der Waals surface area contributed by atoms with E-state index in [4.69, 9.17) is 4.74 Å². The van der Waals surface area contributed by atoms with Crippen LogP contribution in [-0.2, 0) is 4.74 Å². The van der Waals surface area contributed by atoms with E-state index < -0.39 is 11.9 Å². The zero-order valence-corrected chi connectivity index (χ0v) is 18.8. The Hall–Kier alpha value is -1.84. The smallest absolute Gasteiger partial charge is 0.338 e. The van der Waals surface area contributed by atoms with E-state index in [1.165, 1.54) is 31.4 Å². The molecule has 0 aromatic heterocycles. The fourth-order valence-corrected chi connectivity index (χ4v) is 3.82. The molecular weight excluding hydrogens is 364 g/mol. The summed E-state index contributed by atoms with van der Waals surface area (Å²) in [5.74, 6) is -0.380. The minimum Gasteiger partial charge on any atom is -0.478 e. The van der Waals surface area contributed by atoms with E-state index in [9.17, 15) is 14.7 Å². The molecule has 164 valence electrons. The Labute approximate surface area is 177 Å². The van der Waals surface area contributed by atoms with Gasteiger partial charge >= 0.3 is 11.9 Å². The maximum absolute atomic E-state index is 12.8. The number of carboxylic acid groups (broad SMARTS) is 1. The van der Waals surface area contributed by atoms with Gasteiger partial charge in [-0.3, -0.25) is 0 Å². The Morgan fingerprint density at radius 1 is 0.897 bits per heavy atom. The van der Waals surface area contributed by atoms with E-state index >= 15 is 0 Å². The number of hydrogen-bond acceptors (Lipinski definition) is 3. The van der Waals surface area contributed by atoms with Crippen LogP contribution in [0.4, 0.5) is 0 Å². The number of esters is 1. The zero-order valence-electron chi connectivity index (χ0n) is 18.8. The number of hydrogen-bond donors (Lipinski definition) is 1. The molecule has 0 saturated heterocycles. The average molecular weight is 405 g/mol. The molecule has 0 radical (unpaired) electrons. The van der Waals surface area contributed by atoms with Crippen LogP contribution < -0.4 is 0 Å². The highest BCUT2D eigenvalue weighted by Gasteiger charge is 2.25. The minimum atomic E-state index is -1.03. The van der Waals surface area contributed by atoms with Gasteiger partial charge in [0.15, 0.2) is 0 Å². The molecule has 29 heavy (non-hydrogen) atoms. The highest BCUT2D eigenvalue weighted by atomic mass is 16.5. The molecule has 0 spiro atoms. The molecule has 0 saturated carbocycles. The van der Waals surface area contributed by atoms with Crippen LogP contribution in [0.25, 0.3) is 0 Å². The Morgan fingerprint density at radius 2 is 1.55 bits per heavy atom. The van der Waals surface area contributed by atoms with Crippen molar-refractivity contribution >= 4 is 11.9 Å². The second kappa shape index (κ2) is 14.2. The number of benzene rings is 1. The summed E-state index contributed by atoms with van der Waals surface area (Å²) in [6.07, 6.45) is 10.9. The summed E-state index contributed by atoms with van der Waals surface area (Å²) in [6, 6.07) is 6.14. The number of ether oxygens (including phenoxy) is 1. The summed E-state index contributed by atoms with van der Waals surface area (Å²) in [6.45, 7) is 8.85. The summed E-state index contributed by atoms with van der Waals surface area (Å²) < 4.78 is 5.99. The van der Waals surface area contributed by atoms with Crippen LogP contribution in [0, 0.1) is 11.8 Å². The lowest BCUT2D eigenvalue weighted by Crippen LogP contribution is -2.27. The second-order valence-electron chi connectivity index (χ2n) is 8.55. The molecule has 4 heteroatoms. The fraction of sp³-hybridized carbons (Fsp3) is 0.680. The van der Waals surface area contributed by atoms with E-state index in [2.05, 4.69) is 27.7 Å². The third-order valence-electron chi connectivity index (χ3n) is 5.49.